The van der Waals surface area contributed by atoms with Crippen molar-refractivity contribution in [3.8, 4) is 22.9 Å². The van der Waals surface area contributed by atoms with E-state index in [1.807, 2.05) is 17.5 Å². The molecule has 0 atom stereocenters. The standard InChI is InChI=1S/C21H16N4O5S/c26-18(22-13-5-6-16-17(9-13)30-12-29-16)11-24-7-1-4-15-19(24)23-21(28)25(20(15)27)10-14-3-2-8-31-14/h1-9H,10-12H2,(H,22,26). The smallest absolute Gasteiger partial charge is 0.352 e. The molecule has 31 heavy (non-hydrogen) atoms. The maximum Gasteiger partial charge on any atom is 0.352 e. The first kappa shape index (κ1) is 19.1. The molecule has 3 aliphatic rings. The minimum atomic E-state index is -0.651. The summed E-state index contributed by atoms with van der Waals surface area (Å²) >= 11 is 1.46. The number of nitrogens with zero attached hydrogens (tertiary/aromatic N) is 3. The monoisotopic (exact) mass is 436 g/mol. The van der Waals surface area contributed by atoms with Crippen LogP contribution in [0.4, 0.5) is 5.69 Å². The molecule has 0 aliphatic carbocycles. The van der Waals surface area contributed by atoms with Crippen LogP contribution in [0.1, 0.15) is 4.88 Å². The molecule has 0 saturated carbocycles. The topological polar surface area (TPSA) is 104 Å². The lowest BCUT2D eigenvalue weighted by molar-refractivity contribution is -0.116. The molecule has 1 aromatic carbocycles. The summed E-state index contributed by atoms with van der Waals surface area (Å²) in [5, 5.41) is 4.65. The van der Waals surface area contributed by atoms with E-state index in [1.165, 1.54) is 15.9 Å². The normalized spacial score (nSPS) is 12.3. The van der Waals surface area contributed by atoms with Gasteiger partial charge in [0.25, 0.3) is 5.56 Å². The van der Waals surface area contributed by atoms with Crippen LogP contribution in [-0.4, -0.2) is 26.8 Å². The molecule has 10 heteroatoms. The lowest BCUT2D eigenvalue weighted by Gasteiger charge is -2.15. The highest BCUT2D eigenvalue weighted by Crippen LogP contribution is 2.34. The molecule has 1 amide bonds. The van der Waals surface area contributed by atoms with Gasteiger partial charge in [-0.3, -0.25) is 14.2 Å². The second-order valence-corrected chi connectivity index (χ2v) is 7.89. The van der Waals surface area contributed by atoms with Crippen molar-refractivity contribution in [3.05, 3.63) is 79.8 Å². The number of rotatable bonds is 5. The molecule has 1 aromatic heterocycles. The third-order valence-electron chi connectivity index (χ3n) is 4.81. The number of hydrogen-bond donors (Lipinski definition) is 1. The number of benzene rings is 1. The van der Waals surface area contributed by atoms with Gasteiger partial charge in [0.05, 0.1) is 12.1 Å². The van der Waals surface area contributed by atoms with Crippen LogP contribution in [0.25, 0.3) is 11.4 Å². The van der Waals surface area contributed by atoms with Gasteiger partial charge in [0.15, 0.2) is 17.3 Å². The Morgan fingerprint density at radius 3 is 2.84 bits per heavy atom. The van der Waals surface area contributed by atoms with Crippen molar-refractivity contribution in [1.29, 1.82) is 0 Å². The molecule has 0 spiro atoms. The Hall–Kier alpha value is -3.92. The number of ether oxygens (including phenoxy) is 2. The summed E-state index contributed by atoms with van der Waals surface area (Å²) in [5.74, 6) is 1.00. The van der Waals surface area contributed by atoms with Gasteiger partial charge in [-0.15, -0.1) is 11.3 Å². The number of fused-ring (bicyclic) bond motifs is 2. The van der Waals surface area contributed by atoms with E-state index in [2.05, 4.69) is 10.3 Å². The zero-order valence-corrected chi connectivity index (χ0v) is 16.9. The Morgan fingerprint density at radius 2 is 2.00 bits per heavy atom. The predicted molar refractivity (Wildman–Crippen MR) is 114 cm³/mol. The fraction of sp³-hybridized carbons (Fsp3) is 0.143. The lowest BCUT2D eigenvalue weighted by atomic mass is 10.2. The van der Waals surface area contributed by atoms with Crippen LogP contribution in [0, 0.1) is 0 Å². The number of aromatic nitrogens is 3. The number of thiophene rings is 1. The molecular formula is C21H16N4O5S. The molecule has 2 aromatic rings. The summed E-state index contributed by atoms with van der Waals surface area (Å²) in [6, 6.07) is 12.1. The number of pyridine rings is 1. The number of nitrogens with one attached hydrogen (secondary N) is 1. The molecule has 5 rings (SSSR count). The Morgan fingerprint density at radius 1 is 1.13 bits per heavy atom. The first-order chi connectivity index (χ1) is 15.1. The first-order valence-corrected chi connectivity index (χ1v) is 10.3. The molecule has 4 heterocycles. The van der Waals surface area contributed by atoms with Gasteiger partial charge in [0.2, 0.25) is 12.7 Å². The van der Waals surface area contributed by atoms with Crippen LogP contribution >= 0.6 is 11.3 Å². The third-order valence-corrected chi connectivity index (χ3v) is 5.68. The number of hydrogen-bond acceptors (Lipinski definition) is 7. The quantitative estimate of drug-likeness (QED) is 0.513. The van der Waals surface area contributed by atoms with Crippen molar-refractivity contribution in [1.82, 2.24) is 14.1 Å². The van der Waals surface area contributed by atoms with Gasteiger partial charge >= 0.3 is 5.69 Å². The van der Waals surface area contributed by atoms with E-state index < -0.39 is 11.2 Å². The number of carbonyl (C=O) groups is 1. The highest BCUT2D eigenvalue weighted by Gasteiger charge is 2.19. The van der Waals surface area contributed by atoms with Crippen molar-refractivity contribution in [2.45, 2.75) is 13.1 Å². The zero-order valence-electron chi connectivity index (χ0n) is 16.1. The summed E-state index contributed by atoms with van der Waals surface area (Å²) in [6.45, 7) is 0.191. The van der Waals surface area contributed by atoms with Gasteiger partial charge in [-0.05, 0) is 35.7 Å². The second kappa shape index (κ2) is 7.73. The average molecular weight is 436 g/mol. The fourth-order valence-corrected chi connectivity index (χ4v) is 4.07. The SMILES string of the molecule is O=C(Cn1cccc2c(=O)n(Cc3cccs3)c(=O)nc1-2)Nc1ccc2c(c1)OCO2. The van der Waals surface area contributed by atoms with Crippen molar-refractivity contribution < 1.29 is 14.3 Å². The van der Waals surface area contributed by atoms with Crippen LogP contribution in [0.2, 0.25) is 0 Å². The van der Waals surface area contributed by atoms with E-state index in [0.29, 0.717) is 17.2 Å². The van der Waals surface area contributed by atoms with E-state index in [4.69, 9.17) is 9.47 Å². The van der Waals surface area contributed by atoms with Crippen LogP contribution in [0.5, 0.6) is 11.5 Å². The minimum Gasteiger partial charge on any atom is -0.454 e. The Labute approximate surface area is 179 Å². The van der Waals surface area contributed by atoms with Crippen LogP contribution in [0.15, 0.2) is 63.6 Å². The lowest BCUT2D eigenvalue weighted by Crippen LogP contribution is -2.38. The molecule has 0 fully saturated rings. The van der Waals surface area contributed by atoms with Crippen LogP contribution < -0.4 is 26.0 Å². The number of carbonyl (C=O) groups excluding carboxylic acids is 1. The molecular weight excluding hydrogens is 420 g/mol. The predicted octanol–water partition coefficient (Wildman–Crippen LogP) is 1.99. The summed E-state index contributed by atoms with van der Waals surface area (Å²) in [6.07, 6.45) is 1.61. The Kier molecular flexibility index (Phi) is 4.75. The second-order valence-electron chi connectivity index (χ2n) is 6.85. The highest BCUT2D eigenvalue weighted by atomic mass is 32.1. The van der Waals surface area contributed by atoms with Crippen LogP contribution in [0.3, 0.4) is 0 Å². The van der Waals surface area contributed by atoms with E-state index in [0.717, 1.165) is 9.44 Å². The highest BCUT2D eigenvalue weighted by molar-refractivity contribution is 7.09. The van der Waals surface area contributed by atoms with E-state index in [9.17, 15) is 14.4 Å². The summed E-state index contributed by atoms with van der Waals surface area (Å²) in [7, 11) is 0. The molecule has 0 bridgehead atoms. The maximum atomic E-state index is 12.9. The largest absolute Gasteiger partial charge is 0.454 e. The minimum absolute atomic E-state index is 0.118. The Bertz CT molecular complexity index is 1360. The van der Waals surface area contributed by atoms with Crippen molar-refractivity contribution in [3.63, 3.8) is 0 Å². The number of amides is 1. The number of anilines is 1. The molecule has 0 unspecified atom stereocenters. The van der Waals surface area contributed by atoms with Gasteiger partial charge < -0.3 is 19.4 Å². The van der Waals surface area contributed by atoms with Crippen LogP contribution in [-0.2, 0) is 17.9 Å². The van der Waals surface area contributed by atoms with Gasteiger partial charge in [-0.2, -0.15) is 4.98 Å². The molecule has 9 nitrogen and oxygen atoms in total. The van der Waals surface area contributed by atoms with Gasteiger partial charge in [-0.25, -0.2) is 4.79 Å². The molecule has 1 N–H and O–H groups in total. The van der Waals surface area contributed by atoms with E-state index in [1.54, 1.807) is 36.5 Å². The maximum absolute atomic E-state index is 12.9. The van der Waals surface area contributed by atoms with Gasteiger partial charge in [-0.1, -0.05) is 6.07 Å². The molecule has 0 radical (unpaired) electrons. The zero-order chi connectivity index (χ0) is 21.4. The molecule has 3 aliphatic heterocycles. The van der Waals surface area contributed by atoms with Gasteiger partial charge in [0, 0.05) is 22.8 Å². The van der Waals surface area contributed by atoms with E-state index >= 15 is 0 Å². The third kappa shape index (κ3) is 3.68. The Balaban J connectivity index is 1.41. The molecule has 0 saturated heterocycles. The van der Waals surface area contributed by atoms with Crippen molar-refractivity contribution >= 4 is 22.9 Å². The summed E-state index contributed by atoms with van der Waals surface area (Å²) in [4.78, 5) is 43.0. The van der Waals surface area contributed by atoms with E-state index in [-0.39, 0.29) is 37.2 Å². The van der Waals surface area contributed by atoms with Crippen molar-refractivity contribution in [2.24, 2.45) is 0 Å². The first-order valence-electron chi connectivity index (χ1n) is 9.40. The summed E-state index contributed by atoms with van der Waals surface area (Å²) < 4.78 is 13.2. The summed E-state index contributed by atoms with van der Waals surface area (Å²) in [5.41, 5.74) is -0.267. The average Bonchev–Trinajstić information content (AvgIpc) is 3.43. The molecule has 156 valence electrons. The van der Waals surface area contributed by atoms with Gasteiger partial charge in [0.1, 0.15) is 6.54 Å². The van der Waals surface area contributed by atoms with Crippen molar-refractivity contribution in [2.75, 3.05) is 12.1 Å². The fourth-order valence-electron chi connectivity index (χ4n) is 3.37.